The highest BCUT2D eigenvalue weighted by atomic mass is 16.5. The van der Waals surface area contributed by atoms with Gasteiger partial charge in [0, 0.05) is 6.42 Å². The number of aryl methyl sites for hydroxylation is 1. The van der Waals surface area contributed by atoms with Crippen molar-refractivity contribution in [2.45, 2.75) is 19.8 Å². The van der Waals surface area contributed by atoms with Crippen molar-refractivity contribution in [3.05, 3.63) is 29.8 Å². The van der Waals surface area contributed by atoms with Crippen molar-refractivity contribution in [2.75, 3.05) is 6.61 Å². The maximum Gasteiger partial charge on any atom is 0.157 e. The van der Waals surface area contributed by atoms with Gasteiger partial charge >= 0.3 is 0 Å². The van der Waals surface area contributed by atoms with Gasteiger partial charge in [0.15, 0.2) is 6.29 Å². The molecule has 0 radical (unpaired) electrons. The normalized spacial score (nSPS) is 9.67. The summed E-state index contributed by atoms with van der Waals surface area (Å²) in [5.41, 5.74) is 1.10. The molecule has 0 saturated heterocycles. The molecule has 80 valence electrons. The molecule has 0 N–H and O–H groups in total. The Morgan fingerprint density at radius 2 is 2.00 bits per heavy atom. The van der Waals surface area contributed by atoms with Crippen LogP contribution in [0.1, 0.15) is 18.9 Å². The molecule has 0 saturated carbocycles. The van der Waals surface area contributed by atoms with E-state index < -0.39 is 0 Å². The van der Waals surface area contributed by atoms with E-state index in [1.165, 1.54) is 0 Å². The van der Waals surface area contributed by atoms with E-state index >= 15 is 0 Å². The Hall–Kier alpha value is -1.64. The Morgan fingerprint density at radius 1 is 1.33 bits per heavy atom. The van der Waals surface area contributed by atoms with Crippen LogP contribution in [-0.4, -0.2) is 18.7 Å². The second-order valence-electron chi connectivity index (χ2n) is 3.32. The predicted molar refractivity (Wildman–Crippen MR) is 57.0 cm³/mol. The largest absolute Gasteiger partial charge is 0.486 e. The Kier molecular flexibility index (Phi) is 4.54. The molecule has 0 bridgehead atoms. The molecule has 0 amide bonds. The molecule has 0 atom stereocenters. The first kappa shape index (κ1) is 11.4. The van der Waals surface area contributed by atoms with Crippen LogP contribution in [-0.2, 0) is 16.0 Å². The molecule has 1 aromatic rings. The molecule has 0 spiro atoms. The first-order chi connectivity index (χ1) is 7.22. The first-order valence-electron chi connectivity index (χ1n) is 4.87. The third kappa shape index (κ3) is 4.40. The number of hydrogen-bond donors (Lipinski definition) is 0. The van der Waals surface area contributed by atoms with E-state index in [2.05, 4.69) is 0 Å². The summed E-state index contributed by atoms with van der Waals surface area (Å²) in [7, 11) is 0. The van der Waals surface area contributed by atoms with Gasteiger partial charge < -0.3 is 9.53 Å². The quantitative estimate of drug-likeness (QED) is 0.666. The maximum absolute atomic E-state index is 10.8. The standard InChI is InChI=1S/C12H14O3/c1-10(14)2-3-11-4-6-12(7-5-11)15-9-8-13/h4-8H,2-3,9H2,1H3. The second-order valence-corrected chi connectivity index (χ2v) is 3.32. The molecule has 1 rings (SSSR count). The van der Waals surface area contributed by atoms with Crippen molar-refractivity contribution in [3.8, 4) is 5.75 Å². The number of benzene rings is 1. The summed E-state index contributed by atoms with van der Waals surface area (Å²) < 4.78 is 5.10. The molecule has 15 heavy (non-hydrogen) atoms. The second kappa shape index (κ2) is 5.96. The number of Topliss-reactive ketones (excluding diaryl/α,β-unsaturated/α-hetero) is 1. The lowest BCUT2D eigenvalue weighted by atomic mass is 10.1. The molecule has 0 heterocycles. The molecule has 1 aromatic carbocycles. The third-order valence-corrected chi connectivity index (χ3v) is 2.01. The number of hydrogen-bond acceptors (Lipinski definition) is 3. The van der Waals surface area contributed by atoms with E-state index in [1.54, 1.807) is 19.1 Å². The van der Waals surface area contributed by atoms with Gasteiger partial charge in [0.1, 0.15) is 18.1 Å². The molecular formula is C12H14O3. The highest BCUT2D eigenvalue weighted by molar-refractivity contribution is 5.75. The van der Waals surface area contributed by atoms with Crippen LogP contribution in [0, 0.1) is 0 Å². The summed E-state index contributed by atoms with van der Waals surface area (Å²) in [4.78, 5) is 20.8. The zero-order valence-corrected chi connectivity index (χ0v) is 8.73. The minimum atomic E-state index is 0.0762. The molecule has 0 fully saturated rings. The van der Waals surface area contributed by atoms with Gasteiger partial charge in [0.05, 0.1) is 0 Å². The molecule has 0 unspecified atom stereocenters. The smallest absolute Gasteiger partial charge is 0.157 e. The summed E-state index contributed by atoms with van der Waals surface area (Å²) in [5, 5.41) is 0. The van der Waals surface area contributed by atoms with Crippen molar-refractivity contribution < 1.29 is 14.3 Å². The van der Waals surface area contributed by atoms with E-state index in [0.717, 1.165) is 12.0 Å². The average molecular weight is 206 g/mol. The summed E-state index contributed by atoms with van der Waals surface area (Å²) in [6, 6.07) is 7.42. The Morgan fingerprint density at radius 3 is 2.53 bits per heavy atom. The molecule has 0 aliphatic rings. The molecule has 3 heteroatoms. The Balaban J connectivity index is 2.48. The van der Waals surface area contributed by atoms with Gasteiger partial charge in [-0.1, -0.05) is 12.1 Å². The van der Waals surface area contributed by atoms with E-state index in [4.69, 9.17) is 4.74 Å². The molecule has 0 aliphatic heterocycles. The maximum atomic E-state index is 10.8. The highest BCUT2D eigenvalue weighted by Gasteiger charge is 1.97. The highest BCUT2D eigenvalue weighted by Crippen LogP contribution is 2.13. The van der Waals surface area contributed by atoms with Gasteiger partial charge in [-0.25, -0.2) is 0 Å². The number of ketones is 1. The fraction of sp³-hybridized carbons (Fsp3) is 0.333. The third-order valence-electron chi connectivity index (χ3n) is 2.01. The van der Waals surface area contributed by atoms with Crippen LogP contribution in [0.4, 0.5) is 0 Å². The van der Waals surface area contributed by atoms with Crippen LogP contribution in [0.2, 0.25) is 0 Å². The van der Waals surface area contributed by atoms with E-state index in [-0.39, 0.29) is 12.4 Å². The fourth-order valence-corrected chi connectivity index (χ4v) is 1.20. The monoisotopic (exact) mass is 206 g/mol. The van der Waals surface area contributed by atoms with Crippen molar-refractivity contribution in [1.82, 2.24) is 0 Å². The number of carbonyl (C=O) groups excluding carboxylic acids is 2. The summed E-state index contributed by atoms with van der Waals surface area (Å²) in [6.07, 6.45) is 2.03. The Bertz CT molecular complexity index is 327. The minimum Gasteiger partial charge on any atom is -0.486 e. The summed E-state index contributed by atoms with van der Waals surface area (Å²) in [5.74, 6) is 0.866. The molecule has 0 aromatic heterocycles. The van der Waals surface area contributed by atoms with E-state index in [1.807, 2.05) is 12.1 Å². The minimum absolute atomic E-state index is 0.0762. The van der Waals surface area contributed by atoms with Gasteiger partial charge in [0.2, 0.25) is 0 Å². The fourth-order valence-electron chi connectivity index (χ4n) is 1.20. The zero-order valence-electron chi connectivity index (χ0n) is 8.73. The summed E-state index contributed by atoms with van der Waals surface area (Å²) in [6.45, 7) is 1.66. The van der Waals surface area contributed by atoms with Gasteiger partial charge in [-0.15, -0.1) is 0 Å². The van der Waals surface area contributed by atoms with E-state index in [0.29, 0.717) is 18.5 Å². The topological polar surface area (TPSA) is 43.4 Å². The van der Waals surface area contributed by atoms with Crippen LogP contribution in [0.5, 0.6) is 5.75 Å². The number of ether oxygens (including phenoxy) is 1. The zero-order chi connectivity index (χ0) is 11.1. The van der Waals surface area contributed by atoms with Gasteiger partial charge in [-0.05, 0) is 31.0 Å². The number of rotatable bonds is 6. The number of carbonyl (C=O) groups is 2. The van der Waals surface area contributed by atoms with Crippen LogP contribution in [0.3, 0.4) is 0 Å². The van der Waals surface area contributed by atoms with Gasteiger partial charge in [0.25, 0.3) is 0 Å². The molecular weight excluding hydrogens is 192 g/mol. The first-order valence-corrected chi connectivity index (χ1v) is 4.87. The number of aldehydes is 1. The van der Waals surface area contributed by atoms with E-state index in [9.17, 15) is 9.59 Å². The molecule has 3 nitrogen and oxygen atoms in total. The SMILES string of the molecule is CC(=O)CCc1ccc(OCC=O)cc1. The average Bonchev–Trinajstić information content (AvgIpc) is 2.25. The predicted octanol–water partition coefficient (Wildman–Crippen LogP) is 1.79. The molecule has 0 aliphatic carbocycles. The van der Waals surface area contributed by atoms with Crippen molar-refractivity contribution >= 4 is 12.1 Å². The lowest BCUT2D eigenvalue weighted by Crippen LogP contribution is -1.98. The van der Waals surface area contributed by atoms with Gasteiger partial charge in [-0.3, -0.25) is 4.79 Å². The van der Waals surface area contributed by atoms with Gasteiger partial charge in [-0.2, -0.15) is 0 Å². The van der Waals surface area contributed by atoms with Crippen LogP contribution in [0.25, 0.3) is 0 Å². The lowest BCUT2D eigenvalue weighted by Gasteiger charge is -2.03. The summed E-state index contributed by atoms with van der Waals surface area (Å²) >= 11 is 0. The lowest BCUT2D eigenvalue weighted by molar-refractivity contribution is -0.117. The van der Waals surface area contributed by atoms with Crippen LogP contribution < -0.4 is 4.74 Å². The van der Waals surface area contributed by atoms with Crippen molar-refractivity contribution in [3.63, 3.8) is 0 Å². The van der Waals surface area contributed by atoms with Crippen LogP contribution in [0.15, 0.2) is 24.3 Å². The van der Waals surface area contributed by atoms with Crippen molar-refractivity contribution in [1.29, 1.82) is 0 Å². The van der Waals surface area contributed by atoms with Crippen molar-refractivity contribution in [2.24, 2.45) is 0 Å². The Labute approximate surface area is 89.1 Å². The van der Waals surface area contributed by atoms with Crippen LogP contribution >= 0.6 is 0 Å².